The number of rotatable bonds is 6. The number of nitrogens with zero attached hydrogens (tertiary/aromatic N) is 2. The van der Waals surface area contributed by atoms with Crippen molar-refractivity contribution >= 4 is 75.0 Å². The lowest BCUT2D eigenvalue weighted by molar-refractivity contribution is -0.111. The molecule has 0 aliphatic heterocycles. The second-order valence-corrected chi connectivity index (χ2v) is 8.69. The fourth-order valence-corrected chi connectivity index (χ4v) is 4.53. The third kappa shape index (κ3) is 5.96. The highest BCUT2D eigenvalue weighted by atomic mass is 35.5. The molecule has 0 spiro atoms. The molecule has 1 N–H and O–H groups in total. The van der Waals surface area contributed by atoms with Crippen molar-refractivity contribution in [3.05, 3.63) is 74.7 Å². The van der Waals surface area contributed by atoms with Crippen LogP contribution in [-0.2, 0) is 10.5 Å². The van der Waals surface area contributed by atoms with E-state index in [1.165, 1.54) is 29.2 Å². The van der Waals surface area contributed by atoms with Crippen LogP contribution >= 0.6 is 57.9 Å². The van der Waals surface area contributed by atoms with Gasteiger partial charge < -0.3 is 0 Å². The van der Waals surface area contributed by atoms with Crippen LogP contribution in [0.1, 0.15) is 11.1 Å². The van der Waals surface area contributed by atoms with Crippen LogP contribution in [0, 0.1) is 0 Å². The van der Waals surface area contributed by atoms with E-state index in [0.717, 1.165) is 9.90 Å². The van der Waals surface area contributed by atoms with E-state index >= 15 is 0 Å². The summed E-state index contributed by atoms with van der Waals surface area (Å²) in [5.74, 6) is 0.358. The number of aromatic nitrogens is 2. The molecule has 1 aromatic heterocycles. The van der Waals surface area contributed by atoms with E-state index in [-0.39, 0.29) is 5.91 Å². The molecule has 0 unspecified atom stereocenters. The summed E-state index contributed by atoms with van der Waals surface area (Å²) in [6.45, 7) is 0. The second kappa shape index (κ2) is 9.57. The first kappa shape index (κ1) is 20.2. The summed E-state index contributed by atoms with van der Waals surface area (Å²) in [7, 11) is 0. The maximum Gasteiger partial charge on any atom is 0.250 e. The minimum Gasteiger partial charge on any atom is -0.297 e. The summed E-state index contributed by atoms with van der Waals surface area (Å²) >= 11 is 20.9. The van der Waals surface area contributed by atoms with Crippen LogP contribution < -0.4 is 5.32 Å². The Bertz CT molecular complexity index is 991. The molecule has 2 aromatic carbocycles. The third-order valence-electron chi connectivity index (χ3n) is 3.32. The van der Waals surface area contributed by atoms with Gasteiger partial charge in [-0.1, -0.05) is 82.2 Å². The first-order chi connectivity index (χ1) is 13.0. The van der Waals surface area contributed by atoms with Gasteiger partial charge in [-0.25, -0.2) is 0 Å². The number of hydrogen-bond acceptors (Lipinski definition) is 5. The van der Waals surface area contributed by atoms with Crippen LogP contribution in [0.5, 0.6) is 0 Å². The van der Waals surface area contributed by atoms with Gasteiger partial charge in [0, 0.05) is 26.9 Å². The number of carbonyl (C=O) groups is 1. The molecule has 3 rings (SSSR count). The van der Waals surface area contributed by atoms with Crippen LogP contribution in [0.15, 0.2) is 52.9 Å². The molecule has 9 heteroatoms. The fourth-order valence-electron chi connectivity index (χ4n) is 2.02. The Morgan fingerprint density at radius 2 is 1.93 bits per heavy atom. The minimum absolute atomic E-state index is 0.320. The molecular formula is C18H12Cl3N3OS2. The van der Waals surface area contributed by atoms with Gasteiger partial charge in [-0.3, -0.25) is 10.1 Å². The van der Waals surface area contributed by atoms with Crippen molar-refractivity contribution in [1.82, 2.24) is 10.2 Å². The minimum atomic E-state index is -0.320. The van der Waals surface area contributed by atoms with Crippen LogP contribution in [0.2, 0.25) is 15.1 Å². The molecule has 1 heterocycles. The van der Waals surface area contributed by atoms with Crippen LogP contribution in [-0.4, -0.2) is 16.1 Å². The van der Waals surface area contributed by atoms with Gasteiger partial charge in [0.1, 0.15) is 0 Å². The Morgan fingerprint density at radius 1 is 1.11 bits per heavy atom. The van der Waals surface area contributed by atoms with Crippen LogP contribution in [0.4, 0.5) is 5.13 Å². The van der Waals surface area contributed by atoms with Crippen molar-refractivity contribution in [2.24, 2.45) is 0 Å². The van der Waals surface area contributed by atoms with E-state index < -0.39 is 0 Å². The van der Waals surface area contributed by atoms with E-state index in [1.807, 2.05) is 24.3 Å². The summed E-state index contributed by atoms with van der Waals surface area (Å²) < 4.78 is 0.745. The molecule has 0 saturated heterocycles. The Labute approximate surface area is 179 Å². The molecule has 4 nitrogen and oxygen atoms in total. The lowest BCUT2D eigenvalue weighted by atomic mass is 10.2. The molecule has 0 aliphatic carbocycles. The van der Waals surface area contributed by atoms with Gasteiger partial charge in [-0.15, -0.1) is 10.2 Å². The van der Waals surface area contributed by atoms with Gasteiger partial charge in [0.25, 0.3) is 0 Å². The molecular weight excluding hydrogens is 445 g/mol. The number of anilines is 1. The molecule has 0 radical (unpaired) electrons. The molecule has 1 amide bonds. The predicted octanol–water partition coefficient (Wildman–Crippen LogP) is 6.44. The fraction of sp³-hybridized carbons (Fsp3) is 0.0556. The highest BCUT2D eigenvalue weighted by Gasteiger charge is 2.08. The zero-order valence-electron chi connectivity index (χ0n) is 13.7. The van der Waals surface area contributed by atoms with Gasteiger partial charge >= 0.3 is 0 Å². The number of hydrogen-bond donors (Lipinski definition) is 1. The zero-order chi connectivity index (χ0) is 19.2. The maximum atomic E-state index is 12.0. The Kier molecular flexibility index (Phi) is 7.15. The van der Waals surface area contributed by atoms with E-state index in [4.69, 9.17) is 34.8 Å². The van der Waals surface area contributed by atoms with Gasteiger partial charge in [0.15, 0.2) is 4.34 Å². The molecule has 0 aliphatic rings. The van der Waals surface area contributed by atoms with Crippen molar-refractivity contribution in [3.63, 3.8) is 0 Å². The van der Waals surface area contributed by atoms with E-state index in [9.17, 15) is 4.79 Å². The van der Waals surface area contributed by atoms with Crippen molar-refractivity contribution < 1.29 is 4.79 Å². The normalized spacial score (nSPS) is 11.1. The number of nitrogens with one attached hydrogen (secondary N) is 1. The van der Waals surface area contributed by atoms with E-state index in [0.29, 0.717) is 31.5 Å². The van der Waals surface area contributed by atoms with Crippen molar-refractivity contribution in [2.75, 3.05) is 5.32 Å². The Morgan fingerprint density at radius 3 is 2.70 bits per heavy atom. The van der Waals surface area contributed by atoms with Gasteiger partial charge in [-0.2, -0.15) is 0 Å². The summed E-state index contributed by atoms with van der Waals surface area (Å²) in [6.07, 6.45) is 3.00. The quantitative estimate of drug-likeness (QED) is 0.263. The number of carbonyl (C=O) groups excluding carboxylic acids is 1. The number of thioether (sulfide) groups is 1. The summed E-state index contributed by atoms with van der Waals surface area (Å²) in [4.78, 5) is 12.0. The number of halogens is 3. The molecule has 138 valence electrons. The standard InChI is InChI=1S/C18H12Cl3N3OS2/c19-13-7-5-11(15(21)9-13)6-8-16(25)22-17-23-24-18(27-17)26-10-12-3-1-2-4-14(12)20/h1-9H,10H2,(H,22,23,25)/b8-6+. The molecule has 0 saturated carbocycles. The molecule has 3 aromatic rings. The average Bonchev–Trinajstić information content (AvgIpc) is 3.07. The number of benzene rings is 2. The van der Waals surface area contributed by atoms with E-state index in [1.54, 1.807) is 24.3 Å². The lowest BCUT2D eigenvalue weighted by Gasteiger charge is -2.00. The zero-order valence-corrected chi connectivity index (χ0v) is 17.6. The first-order valence-corrected chi connectivity index (χ1v) is 10.6. The van der Waals surface area contributed by atoms with Gasteiger partial charge in [0.05, 0.1) is 0 Å². The smallest absolute Gasteiger partial charge is 0.250 e. The monoisotopic (exact) mass is 455 g/mol. The molecule has 27 heavy (non-hydrogen) atoms. The topological polar surface area (TPSA) is 54.9 Å². The summed E-state index contributed by atoms with van der Waals surface area (Å²) in [5.41, 5.74) is 1.72. The van der Waals surface area contributed by atoms with Gasteiger partial charge in [0.2, 0.25) is 11.0 Å². The molecule has 0 fully saturated rings. The lowest BCUT2D eigenvalue weighted by Crippen LogP contribution is -2.07. The SMILES string of the molecule is O=C(/C=C/c1ccc(Cl)cc1Cl)Nc1nnc(SCc2ccccc2Cl)s1. The summed E-state index contributed by atoms with van der Waals surface area (Å²) in [6, 6.07) is 12.7. The largest absolute Gasteiger partial charge is 0.297 e. The van der Waals surface area contributed by atoms with Gasteiger partial charge in [-0.05, 0) is 35.4 Å². The van der Waals surface area contributed by atoms with Crippen molar-refractivity contribution in [3.8, 4) is 0 Å². The van der Waals surface area contributed by atoms with Crippen LogP contribution in [0.25, 0.3) is 6.08 Å². The first-order valence-electron chi connectivity index (χ1n) is 7.65. The van der Waals surface area contributed by atoms with Crippen molar-refractivity contribution in [1.29, 1.82) is 0 Å². The average molecular weight is 457 g/mol. The highest BCUT2D eigenvalue weighted by molar-refractivity contribution is 8.00. The Hall–Kier alpha value is -1.57. The number of amides is 1. The van der Waals surface area contributed by atoms with Crippen molar-refractivity contribution in [2.45, 2.75) is 10.1 Å². The van der Waals surface area contributed by atoms with Crippen LogP contribution in [0.3, 0.4) is 0 Å². The Balaban J connectivity index is 1.56. The molecule has 0 bridgehead atoms. The summed E-state index contributed by atoms with van der Waals surface area (Å²) in [5, 5.41) is 12.9. The highest BCUT2D eigenvalue weighted by Crippen LogP contribution is 2.30. The third-order valence-corrected chi connectivity index (χ3v) is 6.27. The second-order valence-electron chi connectivity index (χ2n) is 5.24. The van der Waals surface area contributed by atoms with E-state index in [2.05, 4.69) is 15.5 Å². The predicted molar refractivity (Wildman–Crippen MR) is 115 cm³/mol. The maximum absolute atomic E-state index is 12.0. The molecule has 0 atom stereocenters.